The molecule has 1 fully saturated rings. The summed E-state index contributed by atoms with van der Waals surface area (Å²) in [6.07, 6.45) is 2.44. The number of likely N-dealkylation sites (tertiary alicyclic amines) is 1. The van der Waals surface area contributed by atoms with Crippen LogP contribution in [-0.2, 0) is 6.42 Å². The smallest absolute Gasteiger partial charge is 0.257 e. The fraction of sp³-hybridized carbons (Fsp3) is 0.231. The summed E-state index contributed by atoms with van der Waals surface area (Å²) >= 11 is 12.1. The summed E-state index contributed by atoms with van der Waals surface area (Å²) in [5, 5.41) is 11.7. The molecule has 1 saturated heterocycles. The van der Waals surface area contributed by atoms with Crippen LogP contribution in [0.5, 0.6) is 5.75 Å². The normalized spacial score (nSPS) is 12.3. The van der Waals surface area contributed by atoms with Crippen LogP contribution in [0.25, 0.3) is 0 Å². The number of Topliss-reactive ketones (excluding diaryl/α,β-unsaturated/α-hetero) is 1. The Morgan fingerprint density at radius 2 is 1.74 bits per heavy atom. The number of ether oxygens (including phenoxy) is 1. The first kappa shape index (κ1) is 26.2. The van der Waals surface area contributed by atoms with Gasteiger partial charge in [0.2, 0.25) is 0 Å². The second kappa shape index (κ2) is 11.3. The van der Waals surface area contributed by atoms with Gasteiger partial charge in [-0.25, -0.2) is 4.98 Å². The molecule has 7 nitrogen and oxygen atoms in total. The molecule has 0 aliphatic carbocycles. The van der Waals surface area contributed by atoms with Gasteiger partial charge in [-0.2, -0.15) is 0 Å². The Hall–Kier alpha value is -3.42. The first-order valence-electron chi connectivity index (χ1n) is 10.6. The van der Waals surface area contributed by atoms with Gasteiger partial charge in [0.1, 0.15) is 17.4 Å². The molecule has 3 aromatic rings. The van der Waals surface area contributed by atoms with Gasteiger partial charge in [-0.3, -0.25) is 15.0 Å². The summed E-state index contributed by atoms with van der Waals surface area (Å²) < 4.78 is 5.43. The summed E-state index contributed by atoms with van der Waals surface area (Å²) in [5.74, 6) is 0.439. The molecular formula is C26H26Cl2N4O3. The lowest BCUT2D eigenvalue weighted by Crippen LogP contribution is -2.42. The van der Waals surface area contributed by atoms with Gasteiger partial charge in [0, 0.05) is 53.0 Å². The van der Waals surface area contributed by atoms with Crippen LogP contribution >= 0.6 is 23.2 Å². The van der Waals surface area contributed by atoms with Crippen molar-refractivity contribution in [1.82, 2.24) is 9.88 Å². The van der Waals surface area contributed by atoms with E-state index in [2.05, 4.69) is 10.3 Å². The molecule has 0 atom stereocenters. The van der Waals surface area contributed by atoms with Gasteiger partial charge in [-0.15, -0.1) is 0 Å². The van der Waals surface area contributed by atoms with Crippen molar-refractivity contribution in [2.24, 2.45) is 0 Å². The Morgan fingerprint density at radius 1 is 1.06 bits per heavy atom. The van der Waals surface area contributed by atoms with Gasteiger partial charge in [0.15, 0.2) is 5.78 Å². The maximum absolute atomic E-state index is 13.1. The van der Waals surface area contributed by atoms with Gasteiger partial charge in [-0.1, -0.05) is 54.9 Å². The largest absolute Gasteiger partial charge is 0.496 e. The van der Waals surface area contributed by atoms with E-state index >= 15 is 0 Å². The van der Waals surface area contributed by atoms with E-state index in [9.17, 15) is 9.59 Å². The SMILES string of the molecule is C.COc1cc(Cl)cc(C(=O)Nc2ccc(Cl)cn2)c1CC(=O)c1ccc(C(=N)N2CCC2)cc1. The van der Waals surface area contributed by atoms with Crippen molar-refractivity contribution >= 4 is 46.5 Å². The maximum Gasteiger partial charge on any atom is 0.257 e. The van der Waals surface area contributed by atoms with Gasteiger partial charge in [0.25, 0.3) is 5.91 Å². The molecule has 1 aromatic heterocycles. The molecule has 1 aliphatic heterocycles. The molecule has 0 unspecified atom stereocenters. The number of hydrogen-bond donors (Lipinski definition) is 2. The van der Waals surface area contributed by atoms with E-state index in [1.165, 1.54) is 19.4 Å². The fourth-order valence-electron chi connectivity index (χ4n) is 3.61. The highest BCUT2D eigenvalue weighted by Gasteiger charge is 2.22. The summed E-state index contributed by atoms with van der Waals surface area (Å²) in [7, 11) is 1.46. The second-order valence-corrected chi connectivity index (χ2v) is 8.69. The number of aromatic nitrogens is 1. The minimum Gasteiger partial charge on any atom is -0.496 e. The van der Waals surface area contributed by atoms with E-state index < -0.39 is 5.91 Å². The van der Waals surface area contributed by atoms with E-state index in [1.807, 2.05) is 4.90 Å². The fourth-order valence-corrected chi connectivity index (χ4v) is 3.93. The number of benzene rings is 2. The number of rotatable bonds is 7. The molecule has 35 heavy (non-hydrogen) atoms. The predicted molar refractivity (Wildman–Crippen MR) is 139 cm³/mol. The first-order chi connectivity index (χ1) is 16.4. The van der Waals surface area contributed by atoms with E-state index in [0.29, 0.717) is 38.6 Å². The number of methoxy groups -OCH3 is 1. The third kappa shape index (κ3) is 5.99. The zero-order chi connectivity index (χ0) is 24.2. The lowest BCUT2D eigenvalue weighted by atomic mass is 9.96. The number of pyridine rings is 1. The Morgan fingerprint density at radius 3 is 2.31 bits per heavy atom. The van der Waals surface area contributed by atoms with Crippen molar-refractivity contribution in [2.75, 3.05) is 25.5 Å². The number of amidine groups is 1. The molecule has 1 aliphatic rings. The Labute approximate surface area is 214 Å². The van der Waals surface area contributed by atoms with Crippen LogP contribution in [0.15, 0.2) is 54.7 Å². The van der Waals surface area contributed by atoms with Crippen LogP contribution in [0.2, 0.25) is 10.0 Å². The molecule has 9 heteroatoms. The highest BCUT2D eigenvalue weighted by Crippen LogP contribution is 2.30. The molecular weight excluding hydrogens is 487 g/mol. The molecule has 1 amide bonds. The van der Waals surface area contributed by atoms with Crippen molar-refractivity contribution in [3.8, 4) is 5.75 Å². The Balaban J connectivity index is 0.00000342. The van der Waals surface area contributed by atoms with Crippen molar-refractivity contribution in [3.63, 3.8) is 0 Å². The lowest BCUT2D eigenvalue weighted by molar-refractivity contribution is 0.0991. The van der Waals surface area contributed by atoms with Crippen molar-refractivity contribution in [2.45, 2.75) is 20.3 Å². The van der Waals surface area contributed by atoms with Crippen molar-refractivity contribution < 1.29 is 14.3 Å². The summed E-state index contributed by atoms with van der Waals surface area (Å²) in [4.78, 5) is 32.2. The number of amides is 1. The van der Waals surface area contributed by atoms with Crippen molar-refractivity contribution in [3.05, 3.63) is 87.0 Å². The first-order valence-corrected chi connectivity index (χ1v) is 11.4. The van der Waals surface area contributed by atoms with Crippen molar-refractivity contribution in [1.29, 1.82) is 5.41 Å². The zero-order valence-corrected chi connectivity index (χ0v) is 19.9. The molecule has 2 heterocycles. The Bertz CT molecular complexity index is 1240. The molecule has 4 rings (SSSR count). The predicted octanol–water partition coefficient (Wildman–Crippen LogP) is 5.74. The topological polar surface area (TPSA) is 95.4 Å². The van der Waals surface area contributed by atoms with E-state index in [-0.39, 0.29) is 25.2 Å². The highest BCUT2D eigenvalue weighted by atomic mass is 35.5. The summed E-state index contributed by atoms with van der Waals surface area (Å²) in [6.45, 7) is 1.76. The summed E-state index contributed by atoms with van der Waals surface area (Å²) in [6, 6.07) is 13.2. The number of ketones is 1. The van der Waals surface area contributed by atoms with E-state index in [0.717, 1.165) is 25.1 Å². The highest BCUT2D eigenvalue weighted by molar-refractivity contribution is 6.31. The zero-order valence-electron chi connectivity index (χ0n) is 18.4. The number of hydrogen-bond acceptors (Lipinski definition) is 5. The van der Waals surface area contributed by atoms with Crippen LogP contribution in [0.1, 0.15) is 45.7 Å². The minimum absolute atomic E-state index is 0. The molecule has 2 N–H and O–H groups in total. The van der Waals surface area contributed by atoms with Gasteiger partial charge >= 0.3 is 0 Å². The van der Waals surface area contributed by atoms with Crippen LogP contribution < -0.4 is 10.1 Å². The summed E-state index contributed by atoms with van der Waals surface area (Å²) in [5.41, 5.74) is 1.87. The van der Waals surface area contributed by atoms with Gasteiger partial charge in [-0.05, 0) is 30.7 Å². The monoisotopic (exact) mass is 512 g/mol. The number of carbonyl (C=O) groups excluding carboxylic acids is 2. The van der Waals surface area contributed by atoms with E-state index in [4.69, 9.17) is 33.3 Å². The number of nitrogens with zero attached hydrogens (tertiary/aromatic N) is 2. The molecule has 0 saturated carbocycles. The molecule has 0 radical (unpaired) electrons. The van der Waals surface area contributed by atoms with Crippen LogP contribution in [0.3, 0.4) is 0 Å². The number of nitrogens with one attached hydrogen (secondary N) is 2. The standard InChI is InChI=1S/C25H22Cl2N4O3.CH4/c1-34-22-12-18(27)11-20(25(33)30-23-8-7-17(26)14-29-23)19(22)13-21(32)15-3-5-16(6-4-15)24(28)31-9-2-10-31;/h3-8,11-12,14,28H,2,9-10,13H2,1H3,(H,29,30,33);1H4. The van der Waals surface area contributed by atoms with Gasteiger partial charge in [0.05, 0.1) is 12.1 Å². The molecule has 0 bridgehead atoms. The molecule has 182 valence electrons. The third-order valence-corrected chi connectivity index (χ3v) is 6.04. The average Bonchev–Trinajstić information content (AvgIpc) is 2.80. The minimum atomic E-state index is -0.475. The third-order valence-electron chi connectivity index (χ3n) is 5.60. The number of anilines is 1. The Kier molecular flexibility index (Phi) is 8.48. The van der Waals surface area contributed by atoms with Crippen LogP contribution in [0.4, 0.5) is 5.82 Å². The molecule has 0 spiro atoms. The van der Waals surface area contributed by atoms with Crippen LogP contribution in [0, 0.1) is 5.41 Å². The lowest BCUT2D eigenvalue weighted by Gasteiger charge is -2.33. The maximum atomic E-state index is 13.1. The quantitative estimate of drug-likeness (QED) is 0.239. The van der Waals surface area contributed by atoms with Crippen LogP contribution in [-0.4, -0.2) is 47.6 Å². The second-order valence-electron chi connectivity index (χ2n) is 7.82. The van der Waals surface area contributed by atoms with E-state index in [1.54, 1.807) is 42.5 Å². The van der Waals surface area contributed by atoms with Gasteiger partial charge < -0.3 is 15.0 Å². The average molecular weight is 513 g/mol. The number of halogens is 2. The molecule has 2 aromatic carbocycles. The number of carbonyl (C=O) groups is 2.